The topological polar surface area (TPSA) is 88.3 Å². The zero-order valence-corrected chi connectivity index (χ0v) is 17.0. The van der Waals surface area contributed by atoms with Gasteiger partial charge in [-0.2, -0.15) is 4.98 Å². The molecule has 0 aliphatic carbocycles. The van der Waals surface area contributed by atoms with Crippen molar-refractivity contribution in [2.24, 2.45) is 5.92 Å². The Hall–Kier alpha value is -3.55. The second-order valence-electron chi connectivity index (χ2n) is 7.59. The quantitative estimate of drug-likeness (QED) is 0.660. The molecule has 1 atom stereocenters. The van der Waals surface area contributed by atoms with Gasteiger partial charge < -0.3 is 14.7 Å². The molecule has 3 aromatic rings. The van der Waals surface area contributed by atoms with Crippen LogP contribution in [0.3, 0.4) is 0 Å². The zero-order chi connectivity index (χ0) is 21.6. The van der Waals surface area contributed by atoms with Gasteiger partial charge >= 0.3 is 0 Å². The Kier molecular flexibility index (Phi) is 6.35. The van der Waals surface area contributed by atoms with Gasteiger partial charge in [-0.15, -0.1) is 0 Å². The summed E-state index contributed by atoms with van der Waals surface area (Å²) in [4.78, 5) is 30.8. The summed E-state index contributed by atoms with van der Waals surface area (Å²) in [5.74, 6) is 0.0225. The average Bonchev–Trinajstić information content (AvgIpc) is 3.26. The standard InChI is InChI=1S/C23H23FN4O3/c24-19-11-5-4-10-18(19)22-26-20(31-27-22)13-16-7-6-12-28(15-16)21(29)14-25-23(30)17-8-2-1-3-9-17/h1-5,8-11,16H,6-7,12-15H2,(H,25,30). The van der Waals surface area contributed by atoms with Crippen molar-refractivity contribution < 1.29 is 18.5 Å². The van der Waals surface area contributed by atoms with Crippen molar-refractivity contribution in [3.63, 3.8) is 0 Å². The number of hydrogen-bond acceptors (Lipinski definition) is 5. The first-order valence-corrected chi connectivity index (χ1v) is 10.3. The van der Waals surface area contributed by atoms with Crippen LogP contribution in [0.15, 0.2) is 59.1 Å². The maximum absolute atomic E-state index is 13.9. The number of likely N-dealkylation sites (tertiary alicyclic amines) is 1. The minimum Gasteiger partial charge on any atom is -0.343 e. The van der Waals surface area contributed by atoms with Gasteiger partial charge in [0.1, 0.15) is 5.82 Å². The Morgan fingerprint density at radius 2 is 1.90 bits per heavy atom. The molecule has 2 aromatic carbocycles. The number of piperidine rings is 1. The highest BCUT2D eigenvalue weighted by molar-refractivity contribution is 5.96. The molecular formula is C23H23FN4O3. The highest BCUT2D eigenvalue weighted by atomic mass is 19.1. The number of nitrogens with zero attached hydrogens (tertiary/aromatic N) is 3. The number of amides is 2. The number of nitrogens with one attached hydrogen (secondary N) is 1. The van der Waals surface area contributed by atoms with Gasteiger partial charge in [-0.1, -0.05) is 35.5 Å². The number of hydrogen-bond donors (Lipinski definition) is 1. The summed E-state index contributed by atoms with van der Waals surface area (Å²) < 4.78 is 19.2. The molecule has 1 N–H and O–H groups in total. The molecule has 0 bridgehead atoms. The lowest BCUT2D eigenvalue weighted by Crippen LogP contribution is -2.45. The van der Waals surface area contributed by atoms with Crippen LogP contribution in [0.2, 0.25) is 0 Å². The Morgan fingerprint density at radius 1 is 1.13 bits per heavy atom. The van der Waals surface area contributed by atoms with E-state index in [4.69, 9.17) is 4.52 Å². The molecule has 1 fully saturated rings. The van der Waals surface area contributed by atoms with Gasteiger partial charge in [0.25, 0.3) is 5.91 Å². The van der Waals surface area contributed by atoms with E-state index in [0.717, 1.165) is 12.8 Å². The van der Waals surface area contributed by atoms with Crippen LogP contribution < -0.4 is 5.32 Å². The van der Waals surface area contributed by atoms with Gasteiger partial charge in [0.15, 0.2) is 0 Å². The van der Waals surface area contributed by atoms with Gasteiger partial charge in [0, 0.05) is 25.1 Å². The summed E-state index contributed by atoms with van der Waals surface area (Å²) in [6.45, 7) is 1.16. The van der Waals surface area contributed by atoms with Gasteiger partial charge in [-0.05, 0) is 43.0 Å². The monoisotopic (exact) mass is 422 g/mol. The lowest BCUT2D eigenvalue weighted by molar-refractivity contribution is -0.131. The fourth-order valence-electron chi connectivity index (χ4n) is 3.75. The van der Waals surface area contributed by atoms with E-state index in [9.17, 15) is 14.0 Å². The van der Waals surface area contributed by atoms with Crippen molar-refractivity contribution in [3.8, 4) is 11.4 Å². The molecule has 0 saturated carbocycles. The number of aromatic nitrogens is 2. The van der Waals surface area contributed by atoms with E-state index < -0.39 is 5.82 Å². The molecule has 0 radical (unpaired) electrons. The molecule has 160 valence electrons. The number of benzene rings is 2. The summed E-state index contributed by atoms with van der Waals surface area (Å²) in [5.41, 5.74) is 0.820. The fourth-order valence-corrected chi connectivity index (χ4v) is 3.75. The van der Waals surface area contributed by atoms with Crippen LogP contribution in [0.4, 0.5) is 4.39 Å². The van der Waals surface area contributed by atoms with E-state index in [0.29, 0.717) is 36.5 Å². The predicted octanol–water partition coefficient (Wildman–Crippen LogP) is 3.09. The minimum absolute atomic E-state index is 0.0432. The molecule has 1 aliphatic rings. The maximum atomic E-state index is 13.9. The van der Waals surface area contributed by atoms with E-state index in [1.54, 1.807) is 47.4 Å². The summed E-state index contributed by atoms with van der Waals surface area (Å²) in [6.07, 6.45) is 2.30. The van der Waals surface area contributed by atoms with Crippen LogP contribution in [-0.4, -0.2) is 46.5 Å². The molecule has 0 spiro atoms. The fraction of sp³-hybridized carbons (Fsp3) is 0.304. The first kappa shape index (κ1) is 20.7. The summed E-state index contributed by atoms with van der Waals surface area (Å²) in [7, 11) is 0. The first-order chi connectivity index (χ1) is 15.1. The van der Waals surface area contributed by atoms with Crippen molar-refractivity contribution in [1.82, 2.24) is 20.4 Å². The smallest absolute Gasteiger partial charge is 0.251 e. The molecule has 4 rings (SSSR count). The molecule has 1 unspecified atom stereocenters. The third-order valence-corrected chi connectivity index (χ3v) is 5.35. The van der Waals surface area contributed by atoms with Crippen molar-refractivity contribution >= 4 is 11.8 Å². The highest BCUT2D eigenvalue weighted by Gasteiger charge is 2.26. The lowest BCUT2D eigenvalue weighted by atomic mass is 9.94. The first-order valence-electron chi connectivity index (χ1n) is 10.3. The minimum atomic E-state index is -0.401. The molecule has 2 heterocycles. The Bertz CT molecular complexity index is 1050. The van der Waals surface area contributed by atoms with Crippen LogP contribution in [-0.2, 0) is 11.2 Å². The molecular weight excluding hydrogens is 399 g/mol. The zero-order valence-electron chi connectivity index (χ0n) is 17.0. The Morgan fingerprint density at radius 3 is 2.71 bits per heavy atom. The van der Waals surface area contributed by atoms with Crippen LogP contribution in [0.5, 0.6) is 0 Å². The van der Waals surface area contributed by atoms with Gasteiger partial charge in [-0.3, -0.25) is 9.59 Å². The van der Waals surface area contributed by atoms with Crippen LogP contribution in [0, 0.1) is 11.7 Å². The van der Waals surface area contributed by atoms with Gasteiger partial charge in [0.05, 0.1) is 12.1 Å². The van der Waals surface area contributed by atoms with Gasteiger partial charge in [0.2, 0.25) is 17.6 Å². The van der Waals surface area contributed by atoms with Crippen LogP contribution >= 0.6 is 0 Å². The van der Waals surface area contributed by atoms with Crippen molar-refractivity contribution in [2.75, 3.05) is 19.6 Å². The molecule has 8 heteroatoms. The van der Waals surface area contributed by atoms with Crippen LogP contribution in [0.1, 0.15) is 29.1 Å². The Labute approximate surface area is 179 Å². The predicted molar refractivity (Wildman–Crippen MR) is 111 cm³/mol. The van der Waals surface area contributed by atoms with E-state index in [-0.39, 0.29) is 30.1 Å². The van der Waals surface area contributed by atoms with E-state index in [1.807, 2.05) is 6.07 Å². The molecule has 1 aromatic heterocycles. The van der Waals surface area contributed by atoms with E-state index in [1.165, 1.54) is 6.07 Å². The summed E-state index contributed by atoms with van der Waals surface area (Å²) >= 11 is 0. The number of halogens is 1. The van der Waals surface area contributed by atoms with Gasteiger partial charge in [-0.25, -0.2) is 4.39 Å². The maximum Gasteiger partial charge on any atom is 0.251 e. The van der Waals surface area contributed by atoms with Crippen molar-refractivity contribution in [2.45, 2.75) is 19.3 Å². The highest BCUT2D eigenvalue weighted by Crippen LogP contribution is 2.23. The van der Waals surface area contributed by atoms with E-state index >= 15 is 0 Å². The SMILES string of the molecule is O=C(NCC(=O)N1CCCC(Cc2nc(-c3ccccc3F)no2)C1)c1ccccc1. The second-order valence-corrected chi connectivity index (χ2v) is 7.59. The molecule has 31 heavy (non-hydrogen) atoms. The third kappa shape index (κ3) is 5.14. The lowest BCUT2D eigenvalue weighted by Gasteiger charge is -2.32. The molecule has 1 aliphatic heterocycles. The molecule has 1 saturated heterocycles. The largest absolute Gasteiger partial charge is 0.343 e. The molecule has 7 nitrogen and oxygen atoms in total. The van der Waals surface area contributed by atoms with Crippen LogP contribution in [0.25, 0.3) is 11.4 Å². The van der Waals surface area contributed by atoms with E-state index in [2.05, 4.69) is 15.5 Å². The summed E-state index contributed by atoms with van der Waals surface area (Å²) in [6, 6.07) is 15.1. The third-order valence-electron chi connectivity index (χ3n) is 5.35. The molecule has 2 amide bonds. The number of rotatable bonds is 6. The Balaban J connectivity index is 1.31. The van der Waals surface area contributed by atoms with Crippen molar-refractivity contribution in [1.29, 1.82) is 0 Å². The summed E-state index contributed by atoms with van der Waals surface area (Å²) in [5, 5.41) is 6.57. The second kappa shape index (κ2) is 9.51. The average molecular weight is 422 g/mol. The number of carbonyl (C=O) groups excluding carboxylic acids is 2. The number of carbonyl (C=O) groups is 2. The van der Waals surface area contributed by atoms with Crippen molar-refractivity contribution in [3.05, 3.63) is 71.9 Å². The normalized spacial score (nSPS) is 16.2.